The van der Waals surface area contributed by atoms with Crippen molar-refractivity contribution in [1.82, 2.24) is 0 Å². The third-order valence-electron chi connectivity index (χ3n) is 7.23. The van der Waals surface area contributed by atoms with Gasteiger partial charge in [0, 0.05) is 20.2 Å². The number of rotatable bonds is 46. The Balaban J connectivity index is 3.21. The summed E-state index contributed by atoms with van der Waals surface area (Å²) in [6.07, 6.45) is 29.3. The van der Waals surface area contributed by atoms with Crippen LogP contribution < -0.4 is 0 Å². The first-order chi connectivity index (χ1) is 25.8. The van der Waals surface area contributed by atoms with Crippen molar-refractivity contribution in [2.75, 3.05) is 52.9 Å². The molecule has 0 aliphatic heterocycles. The zero-order valence-corrected chi connectivity index (χ0v) is 31.7. The zero-order chi connectivity index (χ0) is 37.5. The van der Waals surface area contributed by atoms with E-state index in [1.165, 1.54) is 115 Å². The summed E-state index contributed by atoms with van der Waals surface area (Å²) < 4.78 is 20.9. The Morgan fingerprint density at radius 1 is 0.365 bits per heavy atom. The highest BCUT2D eigenvalue weighted by atomic mass is 17.8. The molecular formula is C35H68O17. The molecule has 0 spiro atoms. The molecule has 1 N–H and O–H groups in total. The van der Waals surface area contributed by atoms with Crippen LogP contribution in [-0.4, -0.2) is 64.1 Å². The van der Waals surface area contributed by atoms with Crippen molar-refractivity contribution in [3.05, 3.63) is 25.0 Å². The smallest absolute Gasteiger partial charge is 0.167 e. The molecule has 1 atom stereocenters. The van der Waals surface area contributed by atoms with Gasteiger partial charge in [0.2, 0.25) is 0 Å². The minimum Gasteiger partial charge on any atom is -0.498 e. The van der Waals surface area contributed by atoms with Gasteiger partial charge in [0.15, 0.2) is 12.5 Å². The summed E-state index contributed by atoms with van der Waals surface area (Å²) in [5, 5.41) is 43.1. The van der Waals surface area contributed by atoms with Crippen molar-refractivity contribution >= 4 is 0 Å². The van der Waals surface area contributed by atoms with Gasteiger partial charge in [-0.1, -0.05) is 129 Å². The third kappa shape index (κ3) is 46.2. The molecule has 0 saturated carbocycles. The summed E-state index contributed by atoms with van der Waals surface area (Å²) >= 11 is 0. The molecule has 0 saturated heterocycles. The van der Waals surface area contributed by atoms with Crippen LogP contribution in [0, 0.1) is 0 Å². The molecule has 0 aliphatic carbocycles. The van der Waals surface area contributed by atoms with Crippen LogP contribution in [0.15, 0.2) is 25.0 Å². The van der Waals surface area contributed by atoms with E-state index in [9.17, 15) is 5.11 Å². The van der Waals surface area contributed by atoms with E-state index < -0.39 is 6.10 Å². The average molecular weight is 761 g/mol. The minimum absolute atomic E-state index is 0.0181. The largest absolute Gasteiger partial charge is 0.498 e. The summed E-state index contributed by atoms with van der Waals surface area (Å²) in [5.74, 6) is 0. The average Bonchev–Trinajstić information content (AvgIpc) is 3.15. The van der Waals surface area contributed by atoms with Gasteiger partial charge in [0.25, 0.3) is 0 Å². The molecule has 0 bridgehead atoms. The highest BCUT2D eigenvalue weighted by Gasteiger charge is 2.05. The van der Waals surface area contributed by atoms with Crippen LogP contribution in [0.4, 0.5) is 0 Å². The topological polar surface area (TPSA) is 168 Å². The number of aliphatic hydroxyl groups is 1. The van der Waals surface area contributed by atoms with Crippen molar-refractivity contribution in [1.29, 1.82) is 0 Å². The molecule has 0 aromatic rings. The Kier molecular flexibility index (Phi) is 45.5. The quantitative estimate of drug-likeness (QED) is 0.0271. The van der Waals surface area contributed by atoms with E-state index in [0.29, 0.717) is 13.2 Å². The Bertz CT molecular complexity index is 648. The number of hydrogen-bond donors (Lipinski definition) is 1. The summed E-state index contributed by atoms with van der Waals surface area (Å²) in [6, 6.07) is 0. The molecule has 0 radical (unpaired) electrons. The lowest BCUT2D eigenvalue weighted by Gasteiger charge is -2.11. The first kappa shape index (κ1) is 50.2. The van der Waals surface area contributed by atoms with Crippen LogP contribution in [-0.2, 0) is 78.8 Å². The highest BCUT2D eigenvalue weighted by Crippen LogP contribution is 2.11. The molecule has 0 aliphatic rings. The van der Waals surface area contributed by atoms with Crippen molar-refractivity contribution in [3.63, 3.8) is 0 Å². The standard InChI is InChI=1S/C35H68O17/c1-3-5-7-9-11-13-15-17-19-21-23-37-25-29-41-45-49-51-47-43-31-27-39-33-35(36)34-40-28-32-44-48-52-50-46-42-30-26-38-24-22-20-18-16-14-12-10-8-6-4-2/h25-26,29-30,35-36H,3-24,27-28,31-34H2,1-2H3/b29-25-,30-26+. The van der Waals surface area contributed by atoms with E-state index in [-0.39, 0.29) is 39.6 Å². The number of aliphatic hydroxyl groups excluding tert-OH is 1. The van der Waals surface area contributed by atoms with Gasteiger partial charge in [0.05, 0.1) is 39.6 Å². The molecule has 0 amide bonds. The second-order valence-electron chi connectivity index (χ2n) is 11.8. The molecule has 0 fully saturated rings. The minimum atomic E-state index is -0.893. The van der Waals surface area contributed by atoms with Gasteiger partial charge >= 0.3 is 0 Å². The van der Waals surface area contributed by atoms with E-state index in [4.69, 9.17) is 18.9 Å². The fourth-order valence-corrected chi connectivity index (χ4v) is 4.51. The molecule has 0 aromatic carbocycles. The van der Waals surface area contributed by atoms with Crippen molar-refractivity contribution < 1.29 is 83.9 Å². The molecule has 0 heterocycles. The van der Waals surface area contributed by atoms with Crippen LogP contribution >= 0.6 is 0 Å². The normalized spacial score (nSPS) is 12.3. The maximum atomic E-state index is 9.82. The van der Waals surface area contributed by atoms with E-state index >= 15 is 0 Å². The second-order valence-corrected chi connectivity index (χ2v) is 11.8. The summed E-state index contributed by atoms with van der Waals surface area (Å²) in [6.45, 7) is 5.72. The molecular weight excluding hydrogens is 692 g/mol. The Morgan fingerprint density at radius 3 is 1.10 bits per heavy atom. The number of unbranched alkanes of at least 4 members (excludes halogenated alkanes) is 18. The van der Waals surface area contributed by atoms with E-state index in [1.807, 2.05) is 0 Å². The molecule has 0 rings (SSSR count). The van der Waals surface area contributed by atoms with Gasteiger partial charge in [0.1, 0.15) is 31.8 Å². The Hall–Kier alpha value is -1.84. The van der Waals surface area contributed by atoms with E-state index in [0.717, 1.165) is 38.2 Å². The second kappa shape index (κ2) is 47.2. The van der Waals surface area contributed by atoms with Crippen LogP contribution in [0.3, 0.4) is 0 Å². The van der Waals surface area contributed by atoms with Crippen LogP contribution in [0.2, 0.25) is 0 Å². The van der Waals surface area contributed by atoms with Gasteiger partial charge in [-0.2, -0.15) is 0 Å². The van der Waals surface area contributed by atoms with Gasteiger partial charge in [-0.05, 0) is 33.0 Å². The summed E-state index contributed by atoms with van der Waals surface area (Å²) in [5.41, 5.74) is 0. The van der Waals surface area contributed by atoms with Crippen molar-refractivity contribution in [2.24, 2.45) is 0 Å². The molecule has 310 valence electrons. The maximum Gasteiger partial charge on any atom is 0.167 e. The summed E-state index contributed by atoms with van der Waals surface area (Å²) in [7, 11) is 0. The molecule has 1 unspecified atom stereocenters. The predicted molar refractivity (Wildman–Crippen MR) is 184 cm³/mol. The molecule has 17 heteroatoms. The SMILES string of the molecule is CCCCCCCCCCCCO/C=C\OOOOOOCCOCC(O)COCCOOOOOO/C=C/OCCCCCCCCCCCC. The van der Waals surface area contributed by atoms with Gasteiger partial charge < -0.3 is 33.8 Å². The third-order valence-corrected chi connectivity index (χ3v) is 7.23. The lowest BCUT2D eigenvalue weighted by atomic mass is 10.1. The number of ether oxygens (including phenoxy) is 4. The van der Waals surface area contributed by atoms with Gasteiger partial charge in [-0.25, -0.2) is 9.78 Å². The van der Waals surface area contributed by atoms with Crippen molar-refractivity contribution in [3.8, 4) is 0 Å². The maximum absolute atomic E-state index is 9.82. The van der Waals surface area contributed by atoms with E-state index in [2.05, 4.69) is 73.7 Å². The Labute approximate surface area is 310 Å². The fraction of sp³-hybridized carbons (Fsp3) is 0.886. The lowest BCUT2D eigenvalue weighted by Crippen LogP contribution is -2.24. The Morgan fingerprint density at radius 2 is 0.712 bits per heavy atom. The van der Waals surface area contributed by atoms with Gasteiger partial charge in [-0.3, -0.25) is 0 Å². The highest BCUT2D eigenvalue weighted by molar-refractivity contribution is 4.59. The monoisotopic (exact) mass is 760 g/mol. The first-order valence-electron chi connectivity index (χ1n) is 19.1. The molecule has 17 nitrogen and oxygen atoms in total. The van der Waals surface area contributed by atoms with Crippen LogP contribution in [0.5, 0.6) is 0 Å². The van der Waals surface area contributed by atoms with Crippen molar-refractivity contribution in [2.45, 2.75) is 148 Å². The fourth-order valence-electron chi connectivity index (χ4n) is 4.51. The first-order valence-corrected chi connectivity index (χ1v) is 19.1. The van der Waals surface area contributed by atoms with E-state index in [1.54, 1.807) is 0 Å². The van der Waals surface area contributed by atoms with Crippen LogP contribution in [0.25, 0.3) is 0 Å². The van der Waals surface area contributed by atoms with Crippen LogP contribution in [0.1, 0.15) is 142 Å². The molecule has 0 aromatic heterocycles. The predicted octanol–water partition coefficient (Wildman–Crippen LogP) is 8.55. The lowest BCUT2D eigenvalue weighted by molar-refractivity contribution is -0.751. The van der Waals surface area contributed by atoms with Gasteiger partial charge in [-0.15, -0.1) is 0 Å². The zero-order valence-electron chi connectivity index (χ0n) is 31.7. The summed E-state index contributed by atoms with van der Waals surface area (Å²) in [4.78, 5) is 18.3. The molecule has 52 heavy (non-hydrogen) atoms. The number of hydrogen-bond acceptors (Lipinski definition) is 17.